The Balaban J connectivity index is 2.24. The summed E-state index contributed by atoms with van der Waals surface area (Å²) >= 11 is 0. The Morgan fingerprint density at radius 3 is 2.38 bits per heavy atom. The normalized spacial score (nSPS) is 12.5. The minimum absolute atomic E-state index is 0.0108. The molecular weight excluding hydrogens is 323 g/mol. The highest BCUT2D eigenvalue weighted by atomic mass is 19.1. The lowest BCUT2D eigenvalue weighted by atomic mass is 10.00. The molecule has 0 unspecified atom stereocenters. The number of carboxylic acids is 1. The summed E-state index contributed by atoms with van der Waals surface area (Å²) in [6.07, 6.45) is -2.10. The van der Waals surface area contributed by atoms with E-state index >= 15 is 0 Å². The number of rotatable bonds is 4. The van der Waals surface area contributed by atoms with E-state index in [2.05, 4.69) is 4.98 Å². The molecular formula is C17H12F3NO3. The van der Waals surface area contributed by atoms with E-state index in [1.165, 1.54) is 24.3 Å². The number of aromatic nitrogens is 1. The zero-order chi connectivity index (χ0) is 17.4. The fourth-order valence-electron chi connectivity index (χ4n) is 2.63. The van der Waals surface area contributed by atoms with Crippen LogP contribution in [0.5, 0.6) is 0 Å². The Kier molecular flexibility index (Phi) is 4.02. The number of halogens is 3. The van der Waals surface area contributed by atoms with Crippen LogP contribution in [0.1, 0.15) is 5.56 Å². The first-order chi connectivity index (χ1) is 11.4. The smallest absolute Gasteiger partial charge is 0.332 e. The molecule has 0 saturated heterocycles. The lowest BCUT2D eigenvalue weighted by Gasteiger charge is -2.08. The molecule has 0 spiro atoms. The zero-order valence-electron chi connectivity index (χ0n) is 12.2. The Morgan fingerprint density at radius 1 is 1.08 bits per heavy atom. The summed E-state index contributed by atoms with van der Waals surface area (Å²) < 4.78 is 40.7. The summed E-state index contributed by atoms with van der Waals surface area (Å²) in [5, 5.41) is 18.7. The van der Waals surface area contributed by atoms with E-state index in [1.807, 2.05) is 0 Å². The van der Waals surface area contributed by atoms with Gasteiger partial charge in [0.25, 0.3) is 0 Å². The second kappa shape index (κ2) is 6.01. The number of hydrogen-bond acceptors (Lipinski definition) is 2. The van der Waals surface area contributed by atoms with Crippen LogP contribution in [0.4, 0.5) is 13.2 Å². The van der Waals surface area contributed by atoms with Crippen molar-refractivity contribution >= 4 is 16.9 Å². The zero-order valence-corrected chi connectivity index (χ0v) is 12.2. The summed E-state index contributed by atoms with van der Waals surface area (Å²) in [7, 11) is 0. The van der Waals surface area contributed by atoms with Crippen LogP contribution in [0.3, 0.4) is 0 Å². The molecule has 24 heavy (non-hydrogen) atoms. The standard InChI is InChI=1S/C17H12F3NO3/c18-9-3-1-8(2-4-9)15-12(7-14(22)17(23)24)11-5-10(19)6-13(20)16(11)21-15/h1-6,14,21-22H,7H2,(H,23,24)/t14-/m1/s1. The highest BCUT2D eigenvalue weighted by Gasteiger charge is 2.22. The Labute approximate surface area is 134 Å². The molecule has 1 atom stereocenters. The molecule has 4 nitrogen and oxygen atoms in total. The number of carbonyl (C=O) groups is 1. The maximum Gasteiger partial charge on any atom is 0.332 e. The van der Waals surface area contributed by atoms with Gasteiger partial charge in [-0.25, -0.2) is 18.0 Å². The first-order valence-electron chi connectivity index (χ1n) is 7.03. The number of nitrogens with one attached hydrogen (secondary N) is 1. The third-order valence-electron chi connectivity index (χ3n) is 3.75. The van der Waals surface area contributed by atoms with E-state index in [0.717, 1.165) is 6.07 Å². The molecule has 0 saturated carbocycles. The SMILES string of the molecule is O=C(O)[C@H](O)Cc1c(-c2ccc(F)cc2)[nH]c2c(F)cc(F)cc12. The van der Waals surface area contributed by atoms with Gasteiger partial charge in [0, 0.05) is 23.6 Å². The van der Waals surface area contributed by atoms with Crippen molar-refractivity contribution in [3.05, 3.63) is 59.4 Å². The first kappa shape index (κ1) is 16.1. The van der Waals surface area contributed by atoms with E-state index in [-0.39, 0.29) is 22.9 Å². The molecule has 0 amide bonds. The lowest BCUT2D eigenvalue weighted by Crippen LogP contribution is -2.22. The van der Waals surface area contributed by atoms with Gasteiger partial charge in [-0.2, -0.15) is 0 Å². The van der Waals surface area contributed by atoms with Crippen LogP contribution in [0.25, 0.3) is 22.2 Å². The molecule has 124 valence electrons. The number of hydrogen-bond donors (Lipinski definition) is 3. The average molecular weight is 335 g/mol. The van der Waals surface area contributed by atoms with Gasteiger partial charge in [-0.05, 0) is 41.5 Å². The summed E-state index contributed by atoms with van der Waals surface area (Å²) in [6, 6.07) is 6.98. The molecule has 0 fully saturated rings. The Bertz CT molecular complexity index is 919. The minimum atomic E-state index is -1.74. The number of aliphatic hydroxyl groups excluding tert-OH is 1. The summed E-state index contributed by atoms with van der Waals surface area (Å²) in [4.78, 5) is 13.7. The van der Waals surface area contributed by atoms with Crippen LogP contribution in [0.15, 0.2) is 36.4 Å². The number of aromatic amines is 1. The van der Waals surface area contributed by atoms with Crippen molar-refractivity contribution in [3.63, 3.8) is 0 Å². The number of H-pyrrole nitrogens is 1. The monoisotopic (exact) mass is 335 g/mol. The second-order valence-corrected chi connectivity index (χ2v) is 5.35. The van der Waals surface area contributed by atoms with Gasteiger partial charge < -0.3 is 15.2 Å². The molecule has 0 bridgehead atoms. The molecule has 0 aliphatic heterocycles. The van der Waals surface area contributed by atoms with Crippen molar-refractivity contribution in [2.75, 3.05) is 0 Å². The molecule has 0 aliphatic rings. The van der Waals surface area contributed by atoms with Crippen molar-refractivity contribution in [2.45, 2.75) is 12.5 Å². The lowest BCUT2D eigenvalue weighted by molar-refractivity contribution is -0.146. The van der Waals surface area contributed by atoms with Gasteiger partial charge in [-0.15, -0.1) is 0 Å². The molecule has 3 N–H and O–H groups in total. The molecule has 3 rings (SSSR count). The van der Waals surface area contributed by atoms with E-state index < -0.39 is 29.5 Å². The van der Waals surface area contributed by atoms with Crippen molar-refractivity contribution in [1.29, 1.82) is 0 Å². The van der Waals surface area contributed by atoms with Gasteiger partial charge in [0.1, 0.15) is 17.5 Å². The van der Waals surface area contributed by atoms with E-state index in [9.17, 15) is 23.1 Å². The fourth-order valence-corrected chi connectivity index (χ4v) is 2.63. The molecule has 0 radical (unpaired) electrons. The Morgan fingerprint density at radius 2 is 1.75 bits per heavy atom. The molecule has 3 aromatic rings. The fraction of sp³-hybridized carbons (Fsp3) is 0.118. The van der Waals surface area contributed by atoms with Gasteiger partial charge in [0.15, 0.2) is 6.10 Å². The van der Waals surface area contributed by atoms with Crippen LogP contribution in [0, 0.1) is 17.5 Å². The highest BCUT2D eigenvalue weighted by molar-refractivity contribution is 5.92. The molecule has 2 aromatic carbocycles. The van der Waals surface area contributed by atoms with Gasteiger partial charge in [-0.3, -0.25) is 0 Å². The van der Waals surface area contributed by atoms with E-state index in [4.69, 9.17) is 5.11 Å². The van der Waals surface area contributed by atoms with Crippen LogP contribution in [0.2, 0.25) is 0 Å². The maximum absolute atomic E-state index is 14.0. The minimum Gasteiger partial charge on any atom is -0.479 e. The Hall–Kier alpha value is -2.80. The number of benzene rings is 2. The van der Waals surface area contributed by atoms with Crippen molar-refractivity contribution in [3.8, 4) is 11.3 Å². The van der Waals surface area contributed by atoms with Gasteiger partial charge in [0.05, 0.1) is 5.52 Å². The third-order valence-corrected chi connectivity index (χ3v) is 3.75. The highest BCUT2D eigenvalue weighted by Crippen LogP contribution is 2.33. The summed E-state index contributed by atoms with van der Waals surface area (Å²) in [5.41, 5.74) is 0.989. The van der Waals surface area contributed by atoms with Crippen molar-refractivity contribution in [2.24, 2.45) is 0 Å². The molecule has 7 heteroatoms. The second-order valence-electron chi connectivity index (χ2n) is 5.35. The third kappa shape index (κ3) is 2.85. The largest absolute Gasteiger partial charge is 0.479 e. The maximum atomic E-state index is 14.0. The van der Waals surface area contributed by atoms with Gasteiger partial charge in [-0.1, -0.05) is 0 Å². The van der Waals surface area contributed by atoms with Crippen molar-refractivity contribution < 1.29 is 28.2 Å². The first-order valence-corrected chi connectivity index (χ1v) is 7.03. The predicted molar refractivity (Wildman–Crippen MR) is 81.0 cm³/mol. The molecule has 1 heterocycles. The van der Waals surface area contributed by atoms with Crippen LogP contribution >= 0.6 is 0 Å². The molecule has 0 aliphatic carbocycles. The predicted octanol–water partition coefficient (Wildman–Crippen LogP) is 3.24. The quantitative estimate of drug-likeness (QED) is 0.685. The summed E-state index contributed by atoms with van der Waals surface area (Å²) in [6.45, 7) is 0. The topological polar surface area (TPSA) is 73.3 Å². The van der Waals surface area contributed by atoms with E-state index in [0.29, 0.717) is 17.3 Å². The number of carboxylic acid groups (broad SMARTS) is 1. The summed E-state index contributed by atoms with van der Waals surface area (Å²) in [5.74, 6) is -3.59. The van der Waals surface area contributed by atoms with E-state index in [1.54, 1.807) is 0 Å². The number of aliphatic hydroxyl groups is 1. The van der Waals surface area contributed by atoms with Crippen LogP contribution in [-0.4, -0.2) is 27.3 Å². The van der Waals surface area contributed by atoms with Crippen molar-refractivity contribution in [1.82, 2.24) is 4.98 Å². The average Bonchev–Trinajstić information content (AvgIpc) is 2.87. The number of aliphatic carboxylic acids is 1. The van der Waals surface area contributed by atoms with Gasteiger partial charge >= 0.3 is 5.97 Å². The number of fused-ring (bicyclic) bond motifs is 1. The van der Waals surface area contributed by atoms with Crippen LogP contribution < -0.4 is 0 Å². The molecule has 1 aromatic heterocycles. The van der Waals surface area contributed by atoms with Crippen LogP contribution in [-0.2, 0) is 11.2 Å². The van der Waals surface area contributed by atoms with Gasteiger partial charge in [0.2, 0.25) is 0 Å².